The van der Waals surface area contributed by atoms with Crippen LogP contribution >= 0.6 is 23.2 Å². The second kappa shape index (κ2) is 5.91. The van der Waals surface area contributed by atoms with Crippen molar-refractivity contribution in [3.05, 3.63) is 68.2 Å². The minimum absolute atomic E-state index is 0.0218. The van der Waals surface area contributed by atoms with Crippen LogP contribution in [0.15, 0.2) is 42.5 Å². The van der Waals surface area contributed by atoms with Crippen LogP contribution in [0.1, 0.15) is 5.56 Å². The molecule has 0 amide bonds. The molecule has 0 radical (unpaired) electrons. The first-order valence-electron chi connectivity index (χ1n) is 5.49. The Morgan fingerprint density at radius 2 is 1.84 bits per heavy atom. The topological polar surface area (TPSA) is 55.2 Å². The first-order valence-corrected chi connectivity index (χ1v) is 6.25. The van der Waals surface area contributed by atoms with Crippen molar-refractivity contribution in [3.8, 4) is 0 Å². The molecule has 0 aromatic heterocycles. The molecule has 0 aliphatic rings. The summed E-state index contributed by atoms with van der Waals surface area (Å²) < 4.78 is 0. The highest BCUT2D eigenvalue weighted by atomic mass is 35.5. The van der Waals surface area contributed by atoms with Gasteiger partial charge in [0.05, 0.1) is 20.7 Å². The smallest absolute Gasteiger partial charge is 0.270 e. The molecule has 0 saturated carbocycles. The summed E-state index contributed by atoms with van der Waals surface area (Å²) in [5.41, 5.74) is 1.54. The number of nitro groups is 1. The zero-order chi connectivity index (χ0) is 13.8. The molecule has 0 saturated heterocycles. The molecule has 0 spiro atoms. The first-order chi connectivity index (χ1) is 9.08. The van der Waals surface area contributed by atoms with E-state index in [4.69, 9.17) is 23.2 Å². The third kappa shape index (κ3) is 3.36. The van der Waals surface area contributed by atoms with Gasteiger partial charge < -0.3 is 5.32 Å². The molecule has 2 aromatic rings. The Balaban J connectivity index is 2.12. The first kappa shape index (κ1) is 13.6. The van der Waals surface area contributed by atoms with E-state index in [0.717, 1.165) is 11.3 Å². The van der Waals surface area contributed by atoms with Crippen molar-refractivity contribution in [2.45, 2.75) is 6.54 Å². The molecular weight excluding hydrogens is 287 g/mol. The van der Waals surface area contributed by atoms with E-state index in [1.165, 1.54) is 12.1 Å². The summed E-state index contributed by atoms with van der Waals surface area (Å²) in [6.07, 6.45) is 0. The number of rotatable bonds is 4. The fourth-order valence-corrected chi connectivity index (χ4v) is 2.03. The summed E-state index contributed by atoms with van der Waals surface area (Å²) in [5, 5.41) is 14.7. The monoisotopic (exact) mass is 296 g/mol. The van der Waals surface area contributed by atoms with Crippen LogP contribution in [0.4, 0.5) is 11.4 Å². The summed E-state index contributed by atoms with van der Waals surface area (Å²) in [5.74, 6) is 0. The standard InChI is InChI=1S/C13H10Cl2N2O2/c14-11-3-1-2-4-13(11)16-8-9-5-6-10(17(18)19)7-12(9)15/h1-7,16H,8H2. The molecule has 0 aliphatic carbocycles. The van der Waals surface area contributed by atoms with Crippen LogP contribution in [0.25, 0.3) is 0 Å². The lowest BCUT2D eigenvalue weighted by atomic mass is 10.2. The SMILES string of the molecule is O=[N+]([O-])c1ccc(CNc2ccccc2Cl)c(Cl)c1. The van der Waals surface area contributed by atoms with Crippen LogP contribution in [0, 0.1) is 10.1 Å². The Morgan fingerprint density at radius 3 is 2.47 bits per heavy atom. The highest BCUT2D eigenvalue weighted by Crippen LogP contribution is 2.25. The third-order valence-electron chi connectivity index (χ3n) is 2.59. The van der Waals surface area contributed by atoms with E-state index in [0.29, 0.717) is 16.6 Å². The van der Waals surface area contributed by atoms with Gasteiger partial charge in [-0.2, -0.15) is 0 Å². The zero-order valence-corrected chi connectivity index (χ0v) is 11.3. The average Bonchev–Trinajstić information content (AvgIpc) is 2.39. The Hall–Kier alpha value is -1.78. The number of benzene rings is 2. The van der Waals surface area contributed by atoms with E-state index in [1.54, 1.807) is 12.1 Å². The number of para-hydroxylation sites is 1. The van der Waals surface area contributed by atoms with Crippen molar-refractivity contribution in [2.75, 3.05) is 5.32 Å². The molecule has 0 fully saturated rings. The fraction of sp³-hybridized carbons (Fsp3) is 0.0769. The quantitative estimate of drug-likeness (QED) is 0.667. The van der Waals surface area contributed by atoms with E-state index in [9.17, 15) is 10.1 Å². The number of nitro benzene ring substituents is 1. The Morgan fingerprint density at radius 1 is 1.11 bits per heavy atom. The number of halogens is 2. The second-order valence-electron chi connectivity index (χ2n) is 3.87. The van der Waals surface area contributed by atoms with Gasteiger partial charge in [-0.15, -0.1) is 0 Å². The summed E-state index contributed by atoms with van der Waals surface area (Å²) in [6.45, 7) is 0.445. The number of hydrogen-bond donors (Lipinski definition) is 1. The predicted molar refractivity (Wildman–Crippen MR) is 76.9 cm³/mol. The highest BCUT2D eigenvalue weighted by Gasteiger charge is 2.09. The molecule has 0 aliphatic heterocycles. The largest absolute Gasteiger partial charge is 0.380 e. The van der Waals surface area contributed by atoms with Crippen LogP contribution in [0.2, 0.25) is 10.0 Å². The zero-order valence-electron chi connectivity index (χ0n) is 9.77. The van der Waals surface area contributed by atoms with Crippen molar-refractivity contribution in [3.63, 3.8) is 0 Å². The van der Waals surface area contributed by atoms with Gasteiger partial charge in [-0.1, -0.05) is 35.3 Å². The van der Waals surface area contributed by atoms with Crippen LogP contribution in [-0.4, -0.2) is 4.92 Å². The minimum Gasteiger partial charge on any atom is -0.380 e. The van der Waals surface area contributed by atoms with Crippen molar-refractivity contribution >= 4 is 34.6 Å². The normalized spacial score (nSPS) is 10.2. The molecule has 0 atom stereocenters. The Bertz CT molecular complexity index is 617. The van der Waals surface area contributed by atoms with E-state index in [1.807, 2.05) is 18.2 Å². The number of anilines is 1. The van der Waals surface area contributed by atoms with Crippen molar-refractivity contribution in [2.24, 2.45) is 0 Å². The van der Waals surface area contributed by atoms with Crippen molar-refractivity contribution < 1.29 is 4.92 Å². The molecule has 2 rings (SSSR count). The minimum atomic E-state index is -0.475. The third-order valence-corrected chi connectivity index (χ3v) is 3.27. The lowest BCUT2D eigenvalue weighted by Gasteiger charge is -2.09. The molecule has 1 N–H and O–H groups in total. The van der Waals surface area contributed by atoms with Gasteiger partial charge in [-0.3, -0.25) is 10.1 Å². The van der Waals surface area contributed by atoms with Gasteiger partial charge in [-0.25, -0.2) is 0 Å². The highest BCUT2D eigenvalue weighted by molar-refractivity contribution is 6.33. The van der Waals surface area contributed by atoms with E-state index < -0.39 is 4.92 Å². The lowest BCUT2D eigenvalue weighted by Crippen LogP contribution is -2.01. The molecule has 0 heterocycles. The van der Waals surface area contributed by atoms with Crippen LogP contribution in [-0.2, 0) is 6.54 Å². The molecule has 19 heavy (non-hydrogen) atoms. The number of nitrogens with one attached hydrogen (secondary N) is 1. The molecular formula is C13H10Cl2N2O2. The maximum Gasteiger partial charge on any atom is 0.270 e. The second-order valence-corrected chi connectivity index (χ2v) is 4.68. The molecule has 0 unspecified atom stereocenters. The fourth-order valence-electron chi connectivity index (χ4n) is 1.59. The van der Waals surface area contributed by atoms with Gasteiger partial charge in [0.25, 0.3) is 5.69 Å². The van der Waals surface area contributed by atoms with Crippen LogP contribution < -0.4 is 5.32 Å². The lowest BCUT2D eigenvalue weighted by molar-refractivity contribution is -0.384. The van der Waals surface area contributed by atoms with Crippen molar-refractivity contribution in [1.82, 2.24) is 0 Å². The van der Waals surface area contributed by atoms with Gasteiger partial charge >= 0.3 is 0 Å². The number of nitrogens with zero attached hydrogens (tertiary/aromatic N) is 1. The van der Waals surface area contributed by atoms with Gasteiger partial charge in [0.1, 0.15) is 0 Å². The van der Waals surface area contributed by atoms with E-state index in [-0.39, 0.29) is 5.69 Å². The van der Waals surface area contributed by atoms with Crippen molar-refractivity contribution in [1.29, 1.82) is 0 Å². The molecule has 2 aromatic carbocycles. The maximum absolute atomic E-state index is 10.6. The summed E-state index contributed by atoms with van der Waals surface area (Å²) in [7, 11) is 0. The Kier molecular flexibility index (Phi) is 4.24. The summed E-state index contributed by atoms with van der Waals surface area (Å²) in [6, 6.07) is 11.7. The van der Waals surface area contributed by atoms with Crippen LogP contribution in [0.5, 0.6) is 0 Å². The molecule has 98 valence electrons. The van der Waals surface area contributed by atoms with Gasteiger partial charge in [0, 0.05) is 18.7 Å². The molecule has 0 bridgehead atoms. The summed E-state index contributed by atoms with van der Waals surface area (Å²) in [4.78, 5) is 10.1. The predicted octanol–water partition coefficient (Wildman–Crippen LogP) is 4.51. The summed E-state index contributed by atoms with van der Waals surface area (Å²) >= 11 is 12.0. The average molecular weight is 297 g/mol. The van der Waals surface area contributed by atoms with Gasteiger partial charge in [0.2, 0.25) is 0 Å². The van der Waals surface area contributed by atoms with Gasteiger partial charge in [0.15, 0.2) is 0 Å². The maximum atomic E-state index is 10.6. The van der Waals surface area contributed by atoms with Gasteiger partial charge in [-0.05, 0) is 23.8 Å². The van der Waals surface area contributed by atoms with Crippen LogP contribution in [0.3, 0.4) is 0 Å². The van der Waals surface area contributed by atoms with E-state index in [2.05, 4.69) is 5.32 Å². The Labute approximate surface area is 120 Å². The van der Waals surface area contributed by atoms with E-state index >= 15 is 0 Å². The number of non-ortho nitro benzene ring substituents is 1. The molecule has 4 nitrogen and oxygen atoms in total. The molecule has 6 heteroatoms. The number of hydrogen-bond acceptors (Lipinski definition) is 3.